The summed E-state index contributed by atoms with van der Waals surface area (Å²) in [4.78, 5) is 9.65. The maximum absolute atomic E-state index is 5.46. The van der Waals surface area contributed by atoms with Crippen LogP contribution in [0.1, 0.15) is 11.6 Å². The standard InChI is InChI=1S/C22H20N4O2/c1-3-7-19-17(5-1)23-21(25(19)11-15-13-27-15)9-10-22-24-18-6-2-4-8-20(18)26(22)12-16-14-28-16/h1-10,15-16H,11-14H2/b10-9+/t15-,16-/m1/s1. The fourth-order valence-corrected chi connectivity index (χ4v) is 3.73. The second-order valence-corrected chi connectivity index (χ2v) is 7.38. The van der Waals surface area contributed by atoms with Crippen LogP contribution in [0, 0.1) is 0 Å². The van der Waals surface area contributed by atoms with Gasteiger partial charge in [0.05, 0.1) is 60.6 Å². The number of hydrogen-bond donors (Lipinski definition) is 0. The second-order valence-electron chi connectivity index (χ2n) is 7.38. The van der Waals surface area contributed by atoms with Gasteiger partial charge in [-0.05, 0) is 36.4 Å². The number of ether oxygens (including phenoxy) is 2. The monoisotopic (exact) mass is 372 g/mol. The van der Waals surface area contributed by atoms with Gasteiger partial charge in [0.2, 0.25) is 0 Å². The van der Waals surface area contributed by atoms with Crippen molar-refractivity contribution < 1.29 is 9.47 Å². The first-order valence-electron chi connectivity index (χ1n) is 9.67. The van der Waals surface area contributed by atoms with E-state index in [0.717, 1.165) is 60.0 Å². The molecular weight excluding hydrogens is 352 g/mol. The number of aromatic nitrogens is 4. The van der Waals surface area contributed by atoms with Crippen molar-refractivity contribution >= 4 is 34.2 Å². The van der Waals surface area contributed by atoms with Crippen molar-refractivity contribution in [2.24, 2.45) is 0 Å². The Labute approximate surface area is 162 Å². The van der Waals surface area contributed by atoms with E-state index < -0.39 is 0 Å². The lowest BCUT2D eigenvalue weighted by Gasteiger charge is -2.06. The van der Waals surface area contributed by atoms with E-state index >= 15 is 0 Å². The number of para-hydroxylation sites is 4. The number of fused-ring (bicyclic) bond motifs is 2. The van der Waals surface area contributed by atoms with Crippen LogP contribution in [0.25, 0.3) is 34.2 Å². The van der Waals surface area contributed by atoms with Gasteiger partial charge in [-0.3, -0.25) is 0 Å². The number of rotatable bonds is 6. The van der Waals surface area contributed by atoms with Gasteiger partial charge < -0.3 is 18.6 Å². The lowest BCUT2D eigenvalue weighted by atomic mass is 10.3. The van der Waals surface area contributed by atoms with E-state index in [0.29, 0.717) is 12.2 Å². The zero-order valence-corrected chi connectivity index (χ0v) is 15.4. The molecule has 6 nitrogen and oxygen atoms in total. The van der Waals surface area contributed by atoms with Crippen LogP contribution >= 0.6 is 0 Å². The van der Waals surface area contributed by atoms with Crippen LogP contribution in [-0.4, -0.2) is 44.5 Å². The number of imidazole rings is 2. The smallest absolute Gasteiger partial charge is 0.134 e. The maximum Gasteiger partial charge on any atom is 0.134 e. The Morgan fingerprint density at radius 1 is 0.750 bits per heavy atom. The van der Waals surface area contributed by atoms with E-state index in [-0.39, 0.29) is 0 Å². The molecule has 0 radical (unpaired) electrons. The molecule has 4 heterocycles. The van der Waals surface area contributed by atoms with Gasteiger partial charge in [0, 0.05) is 0 Å². The number of hydrogen-bond acceptors (Lipinski definition) is 4. The minimum absolute atomic E-state index is 0.293. The first kappa shape index (κ1) is 16.0. The van der Waals surface area contributed by atoms with Crippen molar-refractivity contribution in [3.05, 3.63) is 60.2 Å². The molecule has 0 unspecified atom stereocenters. The van der Waals surface area contributed by atoms with Crippen LogP contribution < -0.4 is 0 Å². The Balaban J connectivity index is 1.42. The quantitative estimate of drug-likeness (QED) is 0.487. The van der Waals surface area contributed by atoms with Crippen molar-refractivity contribution in [1.29, 1.82) is 0 Å². The highest BCUT2D eigenvalue weighted by atomic mass is 16.6. The Bertz CT molecular complexity index is 1100. The fourth-order valence-electron chi connectivity index (χ4n) is 3.73. The molecule has 0 bridgehead atoms. The van der Waals surface area contributed by atoms with Crippen LogP contribution in [0.15, 0.2) is 48.5 Å². The first-order chi connectivity index (χ1) is 13.8. The Kier molecular flexibility index (Phi) is 3.60. The molecule has 28 heavy (non-hydrogen) atoms. The molecule has 2 aliphatic heterocycles. The Morgan fingerprint density at radius 3 is 1.61 bits per heavy atom. The topological polar surface area (TPSA) is 60.7 Å². The summed E-state index contributed by atoms with van der Waals surface area (Å²) in [7, 11) is 0. The van der Waals surface area contributed by atoms with E-state index in [1.54, 1.807) is 0 Å². The molecule has 6 heteroatoms. The minimum Gasteiger partial charge on any atom is -0.371 e. The lowest BCUT2D eigenvalue weighted by molar-refractivity contribution is 0.384. The number of benzene rings is 2. The number of epoxide rings is 2. The largest absolute Gasteiger partial charge is 0.371 e. The molecule has 2 atom stereocenters. The van der Waals surface area contributed by atoms with Crippen LogP contribution in [-0.2, 0) is 22.6 Å². The normalized spacial score (nSPS) is 21.1. The van der Waals surface area contributed by atoms with Gasteiger partial charge in [-0.15, -0.1) is 0 Å². The Morgan fingerprint density at radius 2 is 1.18 bits per heavy atom. The molecule has 0 spiro atoms. The average molecular weight is 372 g/mol. The molecule has 6 rings (SSSR count). The summed E-state index contributed by atoms with van der Waals surface area (Å²) in [5.74, 6) is 1.86. The highest BCUT2D eigenvalue weighted by Gasteiger charge is 2.26. The third kappa shape index (κ3) is 2.91. The third-order valence-corrected chi connectivity index (χ3v) is 5.33. The Hall–Kier alpha value is -2.96. The molecule has 0 aliphatic carbocycles. The molecule has 4 aromatic rings. The molecule has 2 aromatic heterocycles. The van der Waals surface area contributed by atoms with Crippen molar-refractivity contribution in [3.8, 4) is 0 Å². The zero-order chi connectivity index (χ0) is 18.5. The van der Waals surface area contributed by atoms with Gasteiger partial charge >= 0.3 is 0 Å². The van der Waals surface area contributed by atoms with E-state index in [1.807, 2.05) is 12.1 Å². The van der Waals surface area contributed by atoms with Gasteiger partial charge in [0.25, 0.3) is 0 Å². The zero-order valence-electron chi connectivity index (χ0n) is 15.4. The fraction of sp³-hybridized carbons (Fsp3) is 0.273. The average Bonchev–Trinajstić information content (AvgIpc) is 3.63. The van der Waals surface area contributed by atoms with Crippen molar-refractivity contribution in [1.82, 2.24) is 19.1 Å². The minimum atomic E-state index is 0.293. The van der Waals surface area contributed by atoms with Crippen molar-refractivity contribution in [2.75, 3.05) is 13.2 Å². The summed E-state index contributed by atoms with van der Waals surface area (Å²) in [6.07, 6.45) is 4.71. The van der Waals surface area contributed by atoms with Crippen LogP contribution in [0.4, 0.5) is 0 Å². The van der Waals surface area contributed by atoms with E-state index in [2.05, 4.69) is 57.7 Å². The van der Waals surface area contributed by atoms with Gasteiger partial charge in [-0.1, -0.05) is 24.3 Å². The molecule has 2 saturated heterocycles. The lowest BCUT2D eigenvalue weighted by Crippen LogP contribution is -2.07. The van der Waals surface area contributed by atoms with E-state index in [9.17, 15) is 0 Å². The molecular formula is C22H20N4O2. The first-order valence-corrected chi connectivity index (χ1v) is 9.67. The summed E-state index contributed by atoms with van der Waals surface area (Å²) in [5.41, 5.74) is 4.28. The van der Waals surface area contributed by atoms with E-state index in [4.69, 9.17) is 19.4 Å². The predicted molar refractivity (Wildman–Crippen MR) is 108 cm³/mol. The molecule has 0 N–H and O–H groups in total. The molecule has 2 fully saturated rings. The number of nitrogens with zero attached hydrogens (tertiary/aromatic N) is 4. The molecule has 2 aromatic carbocycles. The van der Waals surface area contributed by atoms with Crippen LogP contribution in [0.3, 0.4) is 0 Å². The SMILES string of the molecule is C(=C\c1nc2ccccc2n1C[C@@H]1CO1)/c1nc2ccccc2n1C[C@@H]1CO1. The highest BCUT2D eigenvalue weighted by Crippen LogP contribution is 2.24. The van der Waals surface area contributed by atoms with E-state index in [1.165, 1.54) is 0 Å². The summed E-state index contributed by atoms with van der Waals surface area (Å²) < 4.78 is 15.4. The predicted octanol–water partition coefficient (Wildman–Crippen LogP) is 3.35. The van der Waals surface area contributed by atoms with Gasteiger partial charge in [0.1, 0.15) is 11.6 Å². The van der Waals surface area contributed by atoms with Crippen LogP contribution in [0.5, 0.6) is 0 Å². The molecule has 0 amide bonds. The summed E-state index contributed by atoms with van der Waals surface area (Å²) in [5, 5.41) is 0. The molecule has 140 valence electrons. The summed E-state index contributed by atoms with van der Waals surface area (Å²) in [6, 6.07) is 16.5. The van der Waals surface area contributed by atoms with Gasteiger partial charge in [-0.25, -0.2) is 9.97 Å². The van der Waals surface area contributed by atoms with Crippen LogP contribution in [0.2, 0.25) is 0 Å². The van der Waals surface area contributed by atoms with Gasteiger partial charge in [-0.2, -0.15) is 0 Å². The summed E-state index contributed by atoms with van der Waals surface area (Å²) >= 11 is 0. The van der Waals surface area contributed by atoms with Gasteiger partial charge in [0.15, 0.2) is 0 Å². The molecule has 2 aliphatic rings. The maximum atomic E-state index is 5.46. The second kappa shape index (κ2) is 6.29. The molecule has 0 saturated carbocycles. The summed E-state index contributed by atoms with van der Waals surface area (Å²) in [6.45, 7) is 3.30. The third-order valence-electron chi connectivity index (χ3n) is 5.33. The van der Waals surface area contributed by atoms with Crippen molar-refractivity contribution in [3.63, 3.8) is 0 Å². The highest BCUT2D eigenvalue weighted by molar-refractivity contribution is 5.82. The van der Waals surface area contributed by atoms with Crippen molar-refractivity contribution in [2.45, 2.75) is 25.3 Å².